The molecule has 2 amide bonds. The lowest BCUT2D eigenvalue weighted by atomic mass is 9.82. The molecule has 0 aliphatic heterocycles. The van der Waals surface area contributed by atoms with Crippen molar-refractivity contribution < 1.29 is 19.5 Å². The molecule has 0 aromatic carbocycles. The molecule has 1 fully saturated rings. The minimum atomic E-state index is -0.961. The predicted octanol–water partition coefficient (Wildman–Crippen LogP) is 1.03. The number of nitrogens with one attached hydrogen (secondary N) is 2. The van der Waals surface area contributed by atoms with Crippen molar-refractivity contribution in [1.82, 2.24) is 10.9 Å². The number of carbonyl (C=O) groups excluding carboxylic acids is 2. The van der Waals surface area contributed by atoms with Crippen molar-refractivity contribution in [3.63, 3.8) is 0 Å². The van der Waals surface area contributed by atoms with Crippen LogP contribution in [0.4, 0.5) is 0 Å². The molecule has 0 saturated heterocycles. The molecule has 1 aromatic rings. The second-order valence-corrected chi connectivity index (χ2v) is 6.21. The van der Waals surface area contributed by atoms with Crippen LogP contribution in [-0.2, 0) is 9.59 Å². The molecular weight excluding hydrogens is 292 g/mol. The molecule has 2 aliphatic carbocycles. The highest BCUT2D eigenvalue weighted by molar-refractivity contribution is 7.12. The van der Waals surface area contributed by atoms with Gasteiger partial charge >= 0.3 is 5.97 Å². The van der Waals surface area contributed by atoms with Crippen LogP contribution in [0.25, 0.3) is 0 Å². The van der Waals surface area contributed by atoms with Gasteiger partial charge in [0.2, 0.25) is 5.91 Å². The maximum atomic E-state index is 12.2. The number of amides is 2. The van der Waals surface area contributed by atoms with Crippen LogP contribution in [0.3, 0.4) is 0 Å². The zero-order valence-corrected chi connectivity index (χ0v) is 11.8. The van der Waals surface area contributed by atoms with Gasteiger partial charge in [-0.3, -0.25) is 25.2 Å². The first-order valence-corrected chi connectivity index (χ1v) is 7.50. The largest absolute Gasteiger partial charge is 0.481 e. The Balaban J connectivity index is 1.64. The van der Waals surface area contributed by atoms with Crippen LogP contribution in [0.5, 0.6) is 0 Å². The van der Waals surface area contributed by atoms with Gasteiger partial charge in [-0.2, -0.15) is 0 Å². The lowest BCUT2D eigenvalue weighted by Crippen LogP contribution is -2.48. The topological polar surface area (TPSA) is 95.5 Å². The first-order valence-electron chi connectivity index (χ1n) is 6.62. The SMILES string of the molecule is O=C(NNC(=O)[C@H]1[C@H](C(=O)O)[C@H]2C=C[C@H]1C2)c1cccs1. The van der Waals surface area contributed by atoms with Crippen molar-refractivity contribution in [3.8, 4) is 0 Å². The van der Waals surface area contributed by atoms with Gasteiger partial charge in [0.25, 0.3) is 5.91 Å². The second-order valence-electron chi connectivity index (χ2n) is 5.26. The molecule has 4 atom stereocenters. The molecule has 3 N–H and O–H groups in total. The second kappa shape index (κ2) is 5.33. The van der Waals surface area contributed by atoms with Crippen molar-refractivity contribution in [2.24, 2.45) is 23.7 Å². The van der Waals surface area contributed by atoms with E-state index in [1.54, 1.807) is 17.5 Å². The lowest BCUT2D eigenvalue weighted by Gasteiger charge is -2.23. The number of hydrogen-bond acceptors (Lipinski definition) is 4. The summed E-state index contributed by atoms with van der Waals surface area (Å²) in [7, 11) is 0. The van der Waals surface area contributed by atoms with Gasteiger partial charge in [-0.05, 0) is 29.7 Å². The predicted molar refractivity (Wildman–Crippen MR) is 75.3 cm³/mol. The minimum absolute atomic E-state index is 0.0604. The Labute approximate surface area is 124 Å². The minimum Gasteiger partial charge on any atom is -0.481 e. The van der Waals surface area contributed by atoms with E-state index in [0.29, 0.717) is 11.3 Å². The van der Waals surface area contributed by atoms with E-state index in [-0.39, 0.29) is 11.8 Å². The van der Waals surface area contributed by atoms with Gasteiger partial charge < -0.3 is 5.11 Å². The van der Waals surface area contributed by atoms with E-state index in [0.717, 1.165) is 0 Å². The molecule has 2 aliphatic rings. The van der Waals surface area contributed by atoms with Gasteiger partial charge in [0.05, 0.1) is 16.7 Å². The Morgan fingerprint density at radius 2 is 1.86 bits per heavy atom. The summed E-state index contributed by atoms with van der Waals surface area (Å²) in [5.74, 6) is -3.28. The van der Waals surface area contributed by atoms with Gasteiger partial charge in [-0.15, -0.1) is 11.3 Å². The average molecular weight is 306 g/mol. The van der Waals surface area contributed by atoms with Gasteiger partial charge in [0.15, 0.2) is 0 Å². The number of carboxylic acids is 1. The van der Waals surface area contributed by atoms with E-state index in [9.17, 15) is 19.5 Å². The van der Waals surface area contributed by atoms with Crippen LogP contribution in [0, 0.1) is 23.7 Å². The highest BCUT2D eigenvalue weighted by atomic mass is 32.1. The van der Waals surface area contributed by atoms with Crippen LogP contribution in [0.15, 0.2) is 29.7 Å². The zero-order chi connectivity index (χ0) is 15.0. The summed E-state index contributed by atoms with van der Waals surface area (Å²) in [6, 6.07) is 3.38. The fourth-order valence-electron chi connectivity index (χ4n) is 3.19. The van der Waals surface area contributed by atoms with Gasteiger partial charge in [-0.1, -0.05) is 18.2 Å². The highest BCUT2D eigenvalue weighted by Crippen LogP contribution is 2.48. The number of rotatable bonds is 3. The number of allylic oxidation sites excluding steroid dienone is 2. The highest BCUT2D eigenvalue weighted by Gasteiger charge is 2.51. The third kappa shape index (κ3) is 2.44. The van der Waals surface area contributed by atoms with E-state index >= 15 is 0 Å². The standard InChI is InChI=1S/C14H14N2O4S/c17-12(9-2-1-5-21-9)15-16-13(18)10-7-3-4-8(6-7)11(10)14(19)20/h1-5,7-8,10-11H,6H2,(H,15,17)(H,16,18)(H,19,20)/t7-,8-,10+,11+/m0/s1. The van der Waals surface area contributed by atoms with Crippen molar-refractivity contribution >= 4 is 29.1 Å². The molecule has 1 heterocycles. The van der Waals surface area contributed by atoms with Crippen molar-refractivity contribution in [2.45, 2.75) is 6.42 Å². The molecule has 110 valence electrons. The van der Waals surface area contributed by atoms with Gasteiger partial charge in [0, 0.05) is 0 Å². The summed E-state index contributed by atoms with van der Waals surface area (Å²) in [5, 5.41) is 11.0. The van der Waals surface area contributed by atoms with Crippen LogP contribution in [0.1, 0.15) is 16.1 Å². The molecule has 2 bridgehead atoms. The molecule has 3 rings (SSSR count). The normalized spacial score (nSPS) is 29.3. The van der Waals surface area contributed by atoms with E-state index in [1.807, 2.05) is 12.2 Å². The first-order chi connectivity index (χ1) is 10.1. The Kier molecular flexibility index (Phi) is 3.50. The molecule has 6 nitrogen and oxygen atoms in total. The van der Waals surface area contributed by atoms with Crippen LogP contribution < -0.4 is 10.9 Å². The number of hydrazine groups is 1. The zero-order valence-electron chi connectivity index (χ0n) is 11.0. The summed E-state index contributed by atoms with van der Waals surface area (Å²) in [4.78, 5) is 35.8. The van der Waals surface area contributed by atoms with E-state index < -0.39 is 29.6 Å². The summed E-state index contributed by atoms with van der Waals surface area (Å²) in [6.45, 7) is 0. The summed E-state index contributed by atoms with van der Waals surface area (Å²) in [6.07, 6.45) is 4.46. The summed E-state index contributed by atoms with van der Waals surface area (Å²) >= 11 is 1.26. The Morgan fingerprint density at radius 3 is 2.48 bits per heavy atom. The Hall–Kier alpha value is -2.15. The molecule has 0 radical (unpaired) electrons. The molecule has 21 heavy (non-hydrogen) atoms. The van der Waals surface area contributed by atoms with Crippen molar-refractivity contribution in [2.75, 3.05) is 0 Å². The fourth-order valence-corrected chi connectivity index (χ4v) is 3.81. The third-order valence-corrected chi connectivity index (χ3v) is 4.96. The van der Waals surface area contributed by atoms with Crippen LogP contribution >= 0.6 is 11.3 Å². The molecule has 0 unspecified atom stereocenters. The summed E-state index contributed by atoms with van der Waals surface area (Å²) in [5.41, 5.74) is 4.69. The van der Waals surface area contributed by atoms with Crippen LogP contribution in [-0.4, -0.2) is 22.9 Å². The van der Waals surface area contributed by atoms with E-state index in [4.69, 9.17) is 0 Å². The lowest BCUT2D eigenvalue weighted by molar-refractivity contribution is -0.148. The number of carboxylic acid groups (broad SMARTS) is 1. The Bertz CT molecular complexity index is 611. The maximum absolute atomic E-state index is 12.2. The van der Waals surface area contributed by atoms with Crippen molar-refractivity contribution in [3.05, 3.63) is 34.5 Å². The number of thiophene rings is 1. The maximum Gasteiger partial charge on any atom is 0.307 e. The number of hydrogen-bond donors (Lipinski definition) is 3. The van der Waals surface area contributed by atoms with Gasteiger partial charge in [0.1, 0.15) is 0 Å². The average Bonchev–Trinajstić information content (AvgIpc) is 3.17. The molecule has 7 heteroatoms. The molecule has 1 saturated carbocycles. The van der Waals surface area contributed by atoms with Gasteiger partial charge in [-0.25, -0.2) is 0 Å². The molecule has 0 spiro atoms. The number of aliphatic carboxylic acids is 1. The number of fused-ring (bicyclic) bond motifs is 2. The van der Waals surface area contributed by atoms with Crippen molar-refractivity contribution in [1.29, 1.82) is 0 Å². The number of carbonyl (C=O) groups is 3. The van der Waals surface area contributed by atoms with E-state index in [1.165, 1.54) is 11.3 Å². The smallest absolute Gasteiger partial charge is 0.307 e. The fraction of sp³-hybridized carbons (Fsp3) is 0.357. The monoisotopic (exact) mass is 306 g/mol. The van der Waals surface area contributed by atoms with Crippen LogP contribution in [0.2, 0.25) is 0 Å². The quantitative estimate of drug-likeness (QED) is 0.574. The molecular formula is C14H14N2O4S. The molecule has 1 aromatic heterocycles. The van der Waals surface area contributed by atoms with E-state index in [2.05, 4.69) is 10.9 Å². The Morgan fingerprint density at radius 1 is 1.14 bits per heavy atom. The first kappa shape index (κ1) is 13.8. The third-order valence-electron chi connectivity index (χ3n) is 4.09. The summed E-state index contributed by atoms with van der Waals surface area (Å²) < 4.78 is 0.